The van der Waals surface area contributed by atoms with Gasteiger partial charge in [-0.15, -0.1) is 0 Å². The van der Waals surface area contributed by atoms with Crippen LogP contribution in [0.25, 0.3) is 16.8 Å². The molecule has 2 saturated heterocycles. The molecule has 0 saturated carbocycles. The van der Waals surface area contributed by atoms with Crippen LogP contribution in [0.3, 0.4) is 0 Å². The lowest BCUT2D eigenvalue weighted by molar-refractivity contribution is 0.0982. The van der Waals surface area contributed by atoms with Crippen molar-refractivity contribution >= 4 is 21.2 Å². The van der Waals surface area contributed by atoms with E-state index in [0.717, 1.165) is 41.7 Å². The van der Waals surface area contributed by atoms with Gasteiger partial charge in [-0.25, -0.2) is 17.9 Å². The zero-order valence-electron chi connectivity index (χ0n) is 22.7. The van der Waals surface area contributed by atoms with Crippen molar-refractivity contribution in [2.45, 2.75) is 30.2 Å². The van der Waals surface area contributed by atoms with Crippen LogP contribution < -0.4 is 4.90 Å². The van der Waals surface area contributed by atoms with Gasteiger partial charge >= 0.3 is 0 Å². The second-order valence-electron chi connectivity index (χ2n) is 10.9. The lowest BCUT2D eigenvalue weighted by Gasteiger charge is -2.42. The van der Waals surface area contributed by atoms with Gasteiger partial charge in [0.05, 0.1) is 4.90 Å². The highest BCUT2D eigenvalue weighted by molar-refractivity contribution is 7.90. The highest BCUT2D eigenvalue weighted by Crippen LogP contribution is 2.27. The van der Waals surface area contributed by atoms with Crippen molar-refractivity contribution in [2.75, 3.05) is 57.5 Å². The maximum absolute atomic E-state index is 11.8. The van der Waals surface area contributed by atoms with Gasteiger partial charge in [0.15, 0.2) is 21.3 Å². The van der Waals surface area contributed by atoms with Gasteiger partial charge in [-0.3, -0.25) is 4.90 Å². The molecule has 2 aliphatic heterocycles. The lowest BCUT2D eigenvalue weighted by atomic mass is 10.0. The molecule has 2 aromatic heterocycles. The van der Waals surface area contributed by atoms with E-state index in [1.54, 1.807) is 16.6 Å². The van der Waals surface area contributed by atoms with Crippen LogP contribution in [0.15, 0.2) is 71.8 Å². The highest BCUT2D eigenvalue weighted by Gasteiger charge is 2.26. The number of fused-ring (bicyclic) bond motifs is 1. The van der Waals surface area contributed by atoms with Gasteiger partial charge in [0, 0.05) is 75.4 Å². The molecule has 2 fully saturated rings. The number of piperazine rings is 1. The average molecular weight is 545 g/mol. The van der Waals surface area contributed by atoms with Crippen molar-refractivity contribution < 1.29 is 8.42 Å². The van der Waals surface area contributed by atoms with Crippen LogP contribution in [0, 0.1) is 0 Å². The summed E-state index contributed by atoms with van der Waals surface area (Å²) in [5.41, 5.74) is 5.07. The Morgan fingerprint density at radius 2 is 1.56 bits per heavy atom. The van der Waals surface area contributed by atoms with Crippen LogP contribution in [0.5, 0.6) is 0 Å². The number of piperidine rings is 1. The zero-order chi connectivity index (χ0) is 27.0. The quantitative estimate of drug-likeness (QED) is 0.367. The number of likely N-dealkylation sites (N-methyl/N-ethyl adjacent to an activating group) is 1. The number of hydrogen-bond acceptors (Lipinski definition) is 7. The molecule has 204 valence electrons. The Kier molecular flexibility index (Phi) is 7.14. The Bertz CT molecular complexity index is 1530. The molecule has 9 heteroatoms. The van der Waals surface area contributed by atoms with E-state index in [0.29, 0.717) is 11.3 Å². The summed E-state index contributed by atoms with van der Waals surface area (Å²) in [4.78, 5) is 12.8. The molecule has 0 amide bonds. The molecular weight excluding hydrogens is 508 g/mol. The number of benzene rings is 2. The van der Waals surface area contributed by atoms with E-state index >= 15 is 0 Å². The van der Waals surface area contributed by atoms with Gasteiger partial charge in [0.1, 0.15) is 0 Å². The van der Waals surface area contributed by atoms with E-state index in [-0.39, 0.29) is 0 Å². The molecule has 2 aromatic carbocycles. The topological polar surface area (TPSA) is 74.0 Å². The van der Waals surface area contributed by atoms with E-state index in [2.05, 4.69) is 46.0 Å². The largest absolute Gasteiger partial charge is 0.371 e. The Labute approximate surface area is 230 Å². The summed E-state index contributed by atoms with van der Waals surface area (Å²) in [5, 5.41) is 4.71. The standard InChI is InChI=1S/C30H36N6O2S/c1-33-18-20-35(21-19-33)26-13-16-34(17-14-26)25-9-5-23(6-10-25)22-29-31-30-28(4-3-15-36(30)32-29)24-7-11-27(12-8-24)39(2,37)38/h3-12,15,26H,13-14,16-22H2,1-2H3. The third-order valence-electron chi connectivity index (χ3n) is 8.18. The van der Waals surface area contributed by atoms with Crippen molar-refractivity contribution in [2.24, 2.45) is 0 Å². The maximum atomic E-state index is 11.8. The normalized spacial score (nSPS) is 18.2. The van der Waals surface area contributed by atoms with E-state index < -0.39 is 9.84 Å². The zero-order valence-corrected chi connectivity index (χ0v) is 23.5. The second-order valence-corrected chi connectivity index (χ2v) is 12.9. The lowest BCUT2D eigenvalue weighted by Crippen LogP contribution is -2.52. The molecule has 0 bridgehead atoms. The monoisotopic (exact) mass is 544 g/mol. The molecular formula is C30H36N6O2S. The molecule has 0 N–H and O–H groups in total. The third-order valence-corrected chi connectivity index (χ3v) is 9.31. The second kappa shape index (κ2) is 10.7. The fourth-order valence-corrected chi connectivity index (χ4v) is 6.45. The minimum absolute atomic E-state index is 0.309. The van der Waals surface area contributed by atoms with Gasteiger partial charge in [0.25, 0.3) is 0 Å². The summed E-state index contributed by atoms with van der Waals surface area (Å²) in [6, 6.07) is 20.4. The predicted molar refractivity (Wildman–Crippen MR) is 155 cm³/mol. The number of rotatable bonds is 6. The van der Waals surface area contributed by atoms with E-state index in [1.807, 2.05) is 30.5 Å². The van der Waals surface area contributed by atoms with Crippen molar-refractivity contribution in [1.82, 2.24) is 24.4 Å². The summed E-state index contributed by atoms with van der Waals surface area (Å²) >= 11 is 0. The first kappa shape index (κ1) is 26.0. The minimum atomic E-state index is -3.23. The molecule has 6 rings (SSSR count). The Hall–Kier alpha value is -3.27. The fourth-order valence-electron chi connectivity index (χ4n) is 5.82. The first-order valence-electron chi connectivity index (χ1n) is 13.7. The van der Waals surface area contributed by atoms with E-state index in [9.17, 15) is 8.42 Å². The third kappa shape index (κ3) is 5.71. The molecule has 0 radical (unpaired) electrons. The number of sulfone groups is 1. The van der Waals surface area contributed by atoms with Crippen LogP contribution in [0.1, 0.15) is 24.2 Å². The van der Waals surface area contributed by atoms with Crippen LogP contribution in [-0.2, 0) is 16.3 Å². The molecule has 4 heterocycles. The van der Waals surface area contributed by atoms with Gasteiger partial charge in [-0.2, -0.15) is 5.10 Å². The highest BCUT2D eigenvalue weighted by atomic mass is 32.2. The molecule has 0 spiro atoms. The maximum Gasteiger partial charge on any atom is 0.175 e. The predicted octanol–water partition coefficient (Wildman–Crippen LogP) is 3.61. The summed E-state index contributed by atoms with van der Waals surface area (Å²) < 4.78 is 25.5. The van der Waals surface area contributed by atoms with Crippen molar-refractivity contribution in [1.29, 1.82) is 0 Å². The Balaban J connectivity index is 1.11. The molecule has 0 unspecified atom stereocenters. The van der Waals surface area contributed by atoms with Gasteiger partial charge in [-0.1, -0.05) is 24.3 Å². The van der Waals surface area contributed by atoms with Crippen LogP contribution >= 0.6 is 0 Å². The van der Waals surface area contributed by atoms with Crippen molar-refractivity contribution in [3.05, 3.63) is 78.2 Å². The SMILES string of the molecule is CN1CCN(C2CCN(c3ccc(Cc4nc5c(-c6ccc(S(C)(=O)=O)cc6)cccn5n4)cc3)CC2)CC1. The van der Waals surface area contributed by atoms with E-state index in [4.69, 9.17) is 10.1 Å². The Morgan fingerprint density at radius 3 is 2.23 bits per heavy atom. The van der Waals surface area contributed by atoms with Crippen LogP contribution in [0.2, 0.25) is 0 Å². The van der Waals surface area contributed by atoms with E-state index in [1.165, 1.54) is 56.5 Å². The number of pyridine rings is 1. The number of hydrogen-bond donors (Lipinski definition) is 0. The first-order valence-corrected chi connectivity index (χ1v) is 15.6. The Morgan fingerprint density at radius 1 is 0.872 bits per heavy atom. The van der Waals surface area contributed by atoms with Gasteiger partial charge in [-0.05, 0) is 67.4 Å². The molecule has 0 atom stereocenters. The number of anilines is 1. The van der Waals surface area contributed by atoms with Gasteiger partial charge in [0.2, 0.25) is 0 Å². The smallest absolute Gasteiger partial charge is 0.175 e. The summed E-state index contributed by atoms with van der Waals surface area (Å²) in [5.74, 6) is 0.760. The average Bonchev–Trinajstić information content (AvgIpc) is 3.36. The summed E-state index contributed by atoms with van der Waals surface area (Å²) in [6.45, 7) is 6.98. The number of aromatic nitrogens is 3. The molecule has 2 aliphatic rings. The fraction of sp³-hybridized carbons (Fsp3) is 0.400. The number of nitrogens with zero attached hydrogens (tertiary/aromatic N) is 6. The first-order chi connectivity index (χ1) is 18.8. The minimum Gasteiger partial charge on any atom is -0.371 e. The van der Waals surface area contributed by atoms with Crippen LogP contribution in [-0.4, -0.2) is 91.4 Å². The molecule has 4 aromatic rings. The molecule has 0 aliphatic carbocycles. The molecule has 8 nitrogen and oxygen atoms in total. The summed E-state index contributed by atoms with van der Waals surface area (Å²) in [6.07, 6.45) is 6.23. The van der Waals surface area contributed by atoms with Crippen molar-refractivity contribution in [3.8, 4) is 11.1 Å². The van der Waals surface area contributed by atoms with Gasteiger partial charge < -0.3 is 9.80 Å². The molecule has 39 heavy (non-hydrogen) atoms. The summed E-state index contributed by atoms with van der Waals surface area (Å²) in [7, 11) is -1.02. The van der Waals surface area contributed by atoms with Crippen molar-refractivity contribution in [3.63, 3.8) is 0 Å². The van der Waals surface area contributed by atoms with Crippen LogP contribution in [0.4, 0.5) is 5.69 Å².